The normalized spacial score (nSPS) is 10.6. The highest BCUT2D eigenvalue weighted by Crippen LogP contribution is 2.34. The summed E-state index contributed by atoms with van der Waals surface area (Å²) in [4.78, 5) is 11.1. The minimum absolute atomic E-state index is 0.527. The van der Waals surface area contributed by atoms with Gasteiger partial charge in [0.15, 0.2) is 0 Å². The average Bonchev–Trinajstić information content (AvgIpc) is 2.39. The van der Waals surface area contributed by atoms with E-state index in [4.69, 9.17) is 0 Å². The summed E-state index contributed by atoms with van der Waals surface area (Å²) in [6, 6.07) is 13.9. The van der Waals surface area contributed by atoms with Crippen molar-refractivity contribution in [3.8, 4) is 11.1 Å². The average molecular weight is 264 g/mol. The van der Waals surface area contributed by atoms with Crippen molar-refractivity contribution in [1.29, 1.82) is 0 Å². The summed E-state index contributed by atoms with van der Waals surface area (Å²) in [5, 5.41) is 0. The van der Waals surface area contributed by atoms with Gasteiger partial charge in [-0.05, 0) is 17.2 Å². The maximum atomic E-state index is 12.5. The fraction of sp³-hybridized carbons (Fsp3) is 0.0714. The molecule has 92 valence electrons. The van der Waals surface area contributed by atoms with Gasteiger partial charge in [0.05, 0.1) is 0 Å². The minimum Gasteiger partial charge on any atom is -0.298 e. The van der Waals surface area contributed by atoms with E-state index < -0.39 is 5.76 Å². The molecule has 2 aromatic carbocycles. The van der Waals surface area contributed by atoms with Crippen LogP contribution in [0.1, 0.15) is 10.4 Å². The molecule has 2 aromatic rings. The van der Waals surface area contributed by atoms with Crippen LogP contribution in [0.25, 0.3) is 11.1 Å². The summed E-state index contributed by atoms with van der Waals surface area (Å²) in [5.41, 5.74) is 2.14. The van der Waals surface area contributed by atoms with Crippen LogP contribution in [0.15, 0.2) is 53.4 Å². The van der Waals surface area contributed by atoms with Crippen LogP contribution in [0.2, 0.25) is 0 Å². The molecular weight excluding hydrogens is 254 g/mol. The van der Waals surface area contributed by atoms with E-state index in [1.165, 1.54) is 0 Å². The first-order chi connectivity index (χ1) is 8.70. The van der Waals surface area contributed by atoms with E-state index >= 15 is 0 Å². The molecule has 0 aliphatic rings. The van der Waals surface area contributed by atoms with Crippen LogP contribution in [0.4, 0.5) is 8.78 Å². The van der Waals surface area contributed by atoms with Crippen molar-refractivity contribution in [1.82, 2.24) is 0 Å². The van der Waals surface area contributed by atoms with Gasteiger partial charge in [0.2, 0.25) is 0 Å². The van der Waals surface area contributed by atoms with E-state index in [0.717, 1.165) is 17.4 Å². The van der Waals surface area contributed by atoms with Crippen molar-refractivity contribution < 1.29 is 13.6 Å². The Bertz CT molecular complexity index is 538. The molecule has 0 aromatic heterocycles. The van der Waals surface area contributed by atoms with Gasteiger partial charge in [-0.25, -0.2) is 0 Å². The third-order valence-electron chi connectivity index (χ3n) is 2.46. The van der Waals surface area contributed by atoms with Crippen molar-refractivity contribution in [2.45, 2.75) is 10.7 Å². The number of carbonyl (C=O) groups excluding carboxylic acids is 1. The van der Waals surface area contributed by atoms with Crippen LogP contribution in [0.5, 0.6) is 0 Å². The Morgan fingerprint density at radius 2 is 1.67 bits per heavy atom. The van der Waals surface area contributed by atoms with Crippen LogP contribution in [0, 0.1) is 0 Å². The maximum Gasteiger partial charge on any atom is 0.288 e. The van der Waals surface area contributed by atoms with Crippen molar-refractivity contribution in [2.75, 3.05) is 0 Å². The molecular formula is C14H10F2OS. The number of hydrogen-bond donors (Lipinski definition) is 0. The molecule has 2 rings (SSSR count). The van der Waals surface area contributed by atoms with Gasteiger partial charge in [-0.15, -0.1) is 0 Å². The third-order valence-corrected chi connectivity index (χ3v) is 3.25. The topological polar surface area (TPSA) is 17.1 Å². The zero-order valence-corrected chi connectivity index (χ0v) is 10.2. The fourth-order valence-corrected chi connectivity index (χ4v) is 2.31. The molecule has 0 aliphatic heterocycles. The summed E-state index contributed by atoms with van der Waals surface area (Å²) in [7, 11) is 0. The van der Waals surface area contributed by atoms with E-state index in [9.17, 15) is 13.6 Å². The van der Waals surface area contributed by atoms with Crippen LogP contribution in [0.3, 0.4) is 0 Å². The van der Waals surface area contributed by atoms with Crippen LogP contribution >= 0.6 is 11.8 Å². The van der Waals surface area contributed by atoms with Crippen molar-refractivity contribution in [3.63, 3.8) is 0 Å². The molecule has 0 atom stereocenters. The molecule has 0 radical (unpaired) electrons. The van der Waals surface area contributed by atoms with Gasteiger partial charge in [0.1, 0.15) is 6.29 Å². The lowest BCUT2D eigenvalue weighted by molar-refractivity contribution is 0.112. The highest BCUT2D eigenvalue weighted by molar-refractivity contribution is 7.99. The first kappa shape index (κ1) is 12.8. The molecule has 1 nitrogen and oxygen atoms in total. The molecule has 0 amide bonds. The lowest BCUT2D eigenvalue weighted by Crippen LogP contribution is -1.87. The lowest BCUT2D eigenvalue weighted by Gasteiger charge is -2.08. The Morgan fingerprint density at radius 1 is 1.00 bits per heavy atom. The Morgan fingerprint density at radius 3 is 2.28 bits per heavy atom. The molecule has 4 heteroatoms. The summed E-state index contributed by atoms with van der Waals surface area (Å²) in [6.45, 7) is 0. The summed E-state index contributed by atoms with van der Waals surface area (Å²) in [5.74, 6) is -2.44. The number of alkyl halides is 2. The fourth-order valence-electron chi connectivity index (χ4n) is 1.65. The van der Waals surface area contributed by atoms with Gasteiger partial charge in [-0.2, -0.15) is 8.78 Å². The van der Waals surface area contributed by atoms with Gasteiger partial charge in [0.25, 0.3) is 5.76 Å². The Labute approximate surface area is 108 Å². The SMILES string of the molecule is O=Cc1ccc(-c2ccccc2SC(F)F)cc1. The molecule has 0 N–H and O–H groups in total. The molecule has 0 unspecified atom stereocenters. The molecule has 0 fully saturated rings. The van der Waals surface area contributed by atoms with E-state index in [0.29, 0.717) is 22.2 Å². The van der Waals surface area contributed by atoms with E-state index in [1.807, 2.05) is 0 Å². The second-order valence-electron chi connectivity index (χ2n) is 3.61. The van der Waals surface area contributed by atoms with Gasteiger partial charge in [-0.3, -0.25) is 4.79 Å². The van der Waals surface area contributed by atoms with Crippen molar-refractivity contribution in [3.05, 3.63) is 54.1 Å². The monoisotopic (exact) mass is 264 g/mol. The zero-order chi connectivity index (χ0) is 13.0. The Hall–Kier alpha value is -1.68. The minimum atomic E-state index is -2.44. The summed E-state index contributed by atoms with van der Waals surface area (Å²) in [6.07, 6.45) is 0.754. The van der Waals surface area contributed by atoms with Gasteiger partial charge in [0, 0.05) is 10.5 Å². The van der Waals surface area contributed by atoms with Gasteiger partial charge in [-0.1, -0.05) is 54.2 Å². The highest BCUT2D eigenvalue weighted by atomic mass is 32.2. The largest absolute Gasteiger partial charge is 0.298 e. The second-order valence-corrected chi connectivity index (χ2v) is 4.65. The first-order valence-electron chi connectivity index (χ1n) is 5.30. The number of rotatable bonds is 4. The molecule has 0 saturated carbocycles. The Balaban J connectivity index is 2.39. The predicted molar refractivity (Wildman–Crippen MR) is 69.1 cm³/mol. The van der Waals surface area contributed by atoms with Crippen LogP contribution < -0.4 is 0 Å². The second kappa shape index (κ2) is 5.78. The quantitative estimate of drug-likeness (QED) is 0.598. The maximum absolute atomic E-state index is 12.5. The number of thioether (sulfide) groups is 1. The molecule has 18 heavy (non-hydrogen) atoms. The number of aldehydes is 1. The van der Waals surface area contributed by atoms with E-state index in [1.54, 1.807) is 48.5 Å². The molecule has 0 saturated heterocycles. The van der Waals surface area contributed by atoms with Gasteiger partial charge < -0.3 is 0 Å². The number of carbonyl (C=O) groups is 1. The molecule has 0 spiro atoms. The first-order valence-corrected chi connectivity index (χ1v) is 6.18. The number of hydrogen-bond acceptors (Lipinski definition) is 2. The smallest absolute Gasteiger partial charge is 0.288 e. The van der Waals surface area contributed by atoms with Crippen LogP contribution in [-0.2, 0) is 0 Å². The Kier molecular flexibility index (Phi) is 4.10. The van der Waals surface area contributed by atoms with Crippen molar-refractivity contribution in [2.24, 2.45) is 0 Å². The molecule has 0 heterocycles. The third kappa shape index (κ3) is 2.96. The zero-order valence-electron chi connectivity index (χ0n) is 9.35. The lowest BCUT2D eigenvalue weighted by atomic mass is 10.0. The molecule has 0 aliphatic carbocycles. The van der Waals surface area contributed by atoms with Crippen molar-refractivity contribution >= 4 is 18.0 Å². The van der Waals surface area contributed by atoms with E-state index in [2.05, 4.69) is 0 Å². The number of benzene rings is 2. The standard InChI is InChI=1S/C14H10F2OS/c15-14(16)18-13-4-2-1-3-12(13)11-7-5-10(9-17)6-8-11/h1-9,14H. The summed E-state index contributed by atoms with van der Waals surface area (Å²) >= 11 is 0.527. The van der Waals surface area contributed by atoms with Gasteiger partial charge >= 0.3 is 0 Å². The van der Waals surface area contributed by atoms with Crippen LogP contribution in [-0.4, -0.2) is 12.0 Å². The highest BCUT2D eigenvalue weighted by Gasteiger charge is 2.10. The van der Waals surface area contributed by atoms with E-state index in [-0.39, 0.29) is 0 Å². The molecule has 0 bridgehead atoms. The predicted octanol–water partition coefficient (Wildman–Crippen LogP) is 4.48. The summed E-state index contributed by atoms with van der Waals surface area (Å²) < 4.78 is 24.9. The number of halogens is 2.